The third kappa shape index (κ3) is 12.4. The van der Waals surface area contributed by atoms with Crippen LogP contribution in [0.4, 0.5) is 18.0 Å². The van der Waals surface area contributed by atoms with Crippen molar-refractivity contribution in [2.45, 2.75) is 12.3 Å². The number of alkyl halides is 3. The molecule has 0 aliphatic heterocycles. The van der Waals surface area contributed by atoms with Gasteiger partial charge in [-0.25, -0.2) is 9.59 Å². The number of aliphatic hydroxyl groups excluding tert-OH is 2. The number of halogens is 3. The van der Waals surface area contributed by atoms with Gasteiger partial charge in [-0.05, 0) is 0 Å². The van der Waals surface area contributed by atoms with Crippen LogP contribution >= 0.6 is 0 Å². The number of rotatable bonds is 3. The van der Waals surface area contributed by atoms with Crippen molar-refractivity contribution in [2.75, 3.05) is 13.2 Å². The number of ether oxygens (including phenoxy) is 1. The number of amides is 1. The van der Waals surface area contributed by atoms with Gasteiger partial charge in [0.1, 0.15) is 12.7 Å². The Morgan fingerprint density at radius 2 is 1.75 bits per heavy atom. The maximum atomic E-state index is 10.6. The number of primary amides is 1. The van der Waals surface area contributed by atoms with Gasteiger partial charge in [-0.3, -0.25) is 0 Å². The third-order valence-electron chi connectivity index (χ3n) is 0.871. The molecule has 0 fully saturated rings. The molecule has 0 heterocycles. The quantitative estimate of drug-likeness (QED) is 0.511. The van der Waals surface area contributed by atoms with Crippen LogP contribution in [0.5, 0.6) is 0 Å². The van der Waals surface area contributed by atoms with Gasteiger partial charge < -0.3 is 25.8 Å². The molecule has 0 aromatic rings. The Balaban J connectivity index is 0. The van der Waals surface area contributed by atoms with E-state index in [0.717, 1.165) is 0 Å². The maximum Gasteiger partial charge on any atom is 0.490 e. The van der Waals surface area contributed by atoms with Gasteiger partial charge in [0.05, 0.1) is 6.61 Å². The molecular weight excluding hydrogens is 239 g/mol. The lowest BCUT2D eigenvalue weighted by molar-refractivity contribution is -0.192. The lowest BCUT2D eigenvalue weighted by Gasteiger charge is -2.04. The number of carboxylic acids is 1. The number of aliphatic hydroxyl groups is 2. The van der Waals surface area contributed by atoms with E-state index >= 15 is 0 Å². The number of hydrogen-bond donors (Lipinski definition) is 4. The molecule has 0 rings (SSSR count). The first-order valence-corrected chi connectivity index (χ1v) is 3.62. The molecule has 0 aromatic heterocycles. The molecule has 0 aromatic carbocycles. The molecule has 0 aliphatic rings. The molecule has 1 atom stereocenters. The van der Waals surface area contributed by atoms with Crippen LogP contribution in [-0.2, 0) is 9.53 Å². The summed E-state index contributed by atoms with van der Waals surface area (Å²) in [7, 11) is 0. The first-order valence-electron chi connectivity index (χ1n) is 3.62. The highest BCUT2D eigenvalue weighted by Crippen LogP contribution is 2.13. The Labute approximate surface area is 87.2 Å². The second kappa shape index (κ2) is 7.70. The lowest BCUT2D eigenvalue weighted by Crippen LogP contribution is -2.24. The fraction of sp³-hybridized carbons (Fsp3) is 0.667. The highest BCUT2D eigenvalue weighted by atomic mass is 19.4. The number of carbonyl (C=O) groups excluding carboxylic acids is 1. The summed E-state index contributed by atoms with van der Waals surface area (Å²) in [6.07, 6.45) is -7.07. The van der Waals surface area contributed by atoms with Crippen LogP contribution in [0.25, 0.3) is 0 Å². The second-order valence-electron chi connectivity index (χ2n) is 2.27. The number of nitrogens with two attached hydrogens (primary N) is 1. The van der Waals surface area contributed by atoms with Crippen molar-refractivity contribution in [3.05, 3.63) is 0 Å². The standard InChI is InChI=1S/C4H9NO4.C2HF3O2/c5-4(8)9-2-3(7)1-6;3-2(4,5)1(6)7/h3,6-7H,1-2H2,(H2,5,8);(H,6,7)/t3-;/m1./s1. The minimum atomic E-state index is -5.08. The average molecular weight is 249 g/mol. The highest BCUT2D eigenvalue weighted by Gasteiger charge is 2.38. The zero-order valence-corrected chi connectivity index (χ0v) is 7.77. The Bertz CT molecular complexity index is 231. The van der Waals surface area contributed by atoms with Crippen LogP contribution in [0, 0.1) is 0 Å². The van der Waals surface area contributed by atoms with E-state index in [9.17, 15) is 18.0 Å². The van der Waals surface area contributed by atoms with Gasteiger partial charge in [-0.1, -0.05) is 0 Å². The Morgan fingerprint density at radius 3 is 1.94 bits per heavy atom. The van der Waals surface area contributed by atoms with E-state index in [-0.39, 0.29) is 6.61 Å². The van der Waals surface area contributed by atoms with Gasteiger partial charge in [-0.2, -0.15) is 13.2 Å². The predicted octanol–water partition coefficient (Wildman–Crippen LogP) is -0.932. The van der Waals surface area contributed by atoms with Gasteiger partial charge in [0.25, 0.3) is 0 Å². The summed E-state index contributed by atoms with van der Waals surface area (Å²) in [6.45, 7) is -0.695. The van der Waals surface area contributed by atoms with E-state index in [4.69, 9.17) is 20.1 Å². The SMILES string of the molecule is NC(=O)OC[C@H](O)CO.O=C(O)C(F)(F)F. The molecule has 0 unspecified atom stereocenters. The Morgan fingerprint density at radius 1 is 1.38 bits per heavy atom. The zero-order valence-electron chi connectivity index (χ0n) is 7.77. The van der Waals surface area contributed by atoms with E-state index in [2.05, 4.69) is 10.5 Å². The fourth-order valence-electron chi connectivity index (χ4n) is 0.231. The van der Waals surface area contributed by atoms with Crippen molar-refractivity contribution in [3.63, 3.8) is 0 Å². The van der Waals surface area contributed by atoms with Crippen molar-refractivity contribution in [1.82, 2.24) is 0 Å². The van der Waals surface area contributed by atoms with Crippen LogP contribution in [0.2, 0.25) is 0 Å². The molecule has 16 heavy (non-hydrogen) atoms. The summed E-state index contributed by atoms with van der Waals surface area (Å²) < 4.78 is 35.9. The molecule has 0 spiro atoms. The number of carbonyl (C=O) groups is 2. The van der Waals surface area contributed by atoms with Gasteiger partial charge in [0.2, 0.25) is 0 Å². The summed E-state index contributed by atoms with van der Waals surface area (Å²) in [5.74, 6) is -2.76. The van der Waals surface area contributed by atoms with Crippen LogP contribution in [0.3, 0.4) is 0 Å². The second-order valence-corrected chi connectivity index (χ2v) is 2.27. The minimum absolute atomic E-state index is 0.258. The van der Waals surface area contributed by atoms with Crippen LogP contribution in [0.1, 0.15) is 0 Å². The minimum Gasteiger partial charge on any atom is -0.475 e. The fourth-order valence-corrected chi connectivity index (χ4v) is 0.231. The van der Waals surface area contributed by atoms with Crippen molar-refractivity contribution in [1.29, 1.82) is 0 Å². The summed E-state index contributed by atoms with van der Waals surface area (Å²) in [5, 5.41) is 23.8. The van der Waals surface area contributed by atoms with Crippen LogP contribution in [-0.4, -0.2) is 52.9 Å². The summed E-state index contributed by atoms with van der Waals surface area (Å²) >= 11 is 0. The summed E-state index contributed by atoms with van der Waals surface area (Å²) in [4.78, 5) is 18.7. The first kappa shape index (κ1) is 16.9. The normalized spacial score (nSPS) is 12.1. The number of aliphatic carboxylic acids is 1. The smallest absolute Gasteiger partial charge is 0.475 e. The molecule has 10 heteroatoms. The van der Waals surface area contributed by atoms with Crippen molar-refractivity contribution in [3.8, 4) is 0 Å². The predicted molar refractivity (Wildman–Crippen MR) is 42.3 cm³/mol. The van der Waals surface area contributed by atoms with E-state index in [1.807, 2.05) is 0 Å². The van der Waals surface area contributed by atoms with E-state index in [1.165, 1.54) is 0 Å². The average Bonchev–Trinajstić information content (AvgIpc) is 2.13. The molecule has 0 aliphatic carbocycles. The van der Waals surface area contributed by atoms with Crippen LogP contribution in [0.15, 0.2) is 0 Å². The molecule has 96 valence electrons. The number of carboxylic acid groups (broad SMARTS) is 1. The van der Waals surface area contributed by atoms with Crippen molar-refractivity contribution in [2.24, 2.45) is 5.73 Å². The largest absolute Gasteiger partial charge is 0.490 e. The topological polar surface area (TPSA) is 130 Å². The molecule has 0 bridgehead atoms. The molecule has 7 nitrogen and oxygen atoms in total. The van der Waals surface area contributed by atoms with Crippen molar-refractivity contribution >= 4 is 12.1 Å². The van der Waals surface area contributed by atoms with Gasteiger partial charge >= 0.3 is 18.2 Å². The van der Waals surface area contributed by atoms with Crippen molar-refractivity contribution < 1.29 is 42.8 Å². The highest BCUT2D eigenvalue weighted by molar-refractivity contribution is 5.73. The molecule has 0 saturated carbocycles. The molecule has 5 N–H and O–H groups in total. The van der Waals surface area contributed by atoms with Crippen LogP contribution < -0.4 is 5.73 Å². The van der Waals surface area contributed by atoms with Gasteiger partial charge in [0, 0.05) is 0 Å². The van der Waals surface area contributed by atoms with Gasteiger partial charge in [-0.15, -0.1) is 0 Å². The lowest BCUT2D eigenvalue weighted by atomic mass is 10.4. The van der Waals surface area contributed by atoms with Gasteiger partial charge in [0.15, 0.2) is 0 Å². The Kier molecular flexibility index (Phi) is 8.12. The monoisotopic (exact) mass is 249 g/mol. The summed E-state index contributed by atoms with van der Waals surface area (Å²) in [5.41, 5.74) is 4.54. The van der Waals surface area contributed by atoms with E-state index in [0.29, 0.717) is 0 Å². The molecule has 1 amide bonds. The maximum absolute atomic E-state index is 10.6. The zero-order chi connectivity index (χ0) is 13.4. The molecule has 0 radical (unpaired) electrons. The first-order chi connectivity index (χ1) is 7.11. The van der Waals surface area contributed by atoms with E-state index < -0.39 is 30.9 Å². The molecular formula is C6H10F3NO6. The summed E-state index contributed by atoms with van der Waals surface area (Å²) in [6, 6.07) is 0. The Hall–Kier alpha value is -1.55. The number of hydrogen-bond acceptors (Lipinski definition) is 5. The third-order valence-corrected chi connectivity index (χ3v) is 0.871. The van der Waals surface area contributed by atoms with E-state index in [1.54, 1.807) is 0 Å². The molecule has 0 saturated heterocycles.